The molecule has 0 bridgehead atoms. The van der Waals surface area contributed by atoms with Crippen molar-refractivity contribution in [2.45, 2.75) is 19.8 Å². The molecule has 1 aromatic heterocycles. The van der Waals surface area contributed by atoms with Crippen LogP contribution in [0.2, 0.25) is 0 Å². The molecule has 1 amide bonds. The average molecular weight is 311 g/mol. The van der Waals surface area contributed by atoms with Gasteiger partial charge in [-0.25, -0.2) is 0 Å². The summed E-state index contributed by atoms with van der Waals surface area (Å²) in [5.74, 6) is 0.188. The number of aromatic nitrogens is 1. The Labute approximate surface area is 138 Å². The Morgan fingerprint density at radius 3 is 2.39 bits per heavy atom. The quantitative estimate of drug-likeness (QED) is 0.752. The minimum Gasteiger partial charge on any atom is -0.371 e. The number of benzene rings is 1. The van der Waals surface area contributed by atoms with E-state index >= 15 is 0 Å². The standard InChI is InChI=1S/C19H25N3O/c1-3-22(18-7-5-4-6-8-18)16-12-19(23)21(2)15-11-17-9-13-20-14-10-17/h4-10,13-14H,3,11-12,15-16H2,1-2H3. The number of rotatable bonds is 8. The van der Waals surface area contributed by atoms with Gasteiger partial charge in [0.05, 0.1) is 0 Å². The number of hydrogen-bond acceptors (Lipinski definition) is 3. The number of amides is 1. The van der Waals surface area contributed by atoms with E-state index in [9.17, 15) is 4.79 Å². The molecule has 0 aliphatic rings. The van der Waals surface area contributed by atoms with Gasteiger partial charge >= 0.3 is 0 Å². The predicted octanol–water partition coefficient (Wildman–Crippen LogP) is 3.00. The van der Waals surface area contributed by atoms with Crippen molar-refractivity contribution in [3.63, 3.8) is 0 Å². The van der Waals surface area contributed by atoms with Crippen LogP contribution in [0.3, 0.4) is 0 Å². The summed E-state index contributed by atoms with van der Waals surface area (Å²) in [5.41, 5.74) is 2.38. The minimum absolute atomic E-state index is 0.188. The summed E-state index contributed by atoms with van der Waals surface area (Å²) in [5, 5.41) is 0. The second-order valence-electron chi connectivity index (χ2n) is 5.59. The second-order valence-corrected chi connectivity index (χ2v) is 5.59. The summed E-state index contributed by atoms with van der Waals surface area (Å²) in [6.07, 6.45) is 4.97. The maximum Gasteiger partial charge on any atom is 0.224 e. The fraction of sp³-hybridized carbons (Fsp3) is 0.368. The highest BCUT2D eigenvalue weighted by Crippen LogP contribution is 2.13. The molecule has 122 valence electrons. The number of nitrogens with zero attached hydrogens (tertiary/aromatic N) is 3. The van der Waals surface area contributed by atoms with E-state index in [4.69, 9.17) is 0 Å². The third-order valence-electron chi connectivity index (χ3n) is 4.01. The molecule has 23 heavy (non-hydrogen) atoms. The number of carbonyl (C=O) groups excluding carboxylic acids is 1. The van der Waals surface area contributed by atoms with Gasteiger partial charge in [0.1, 0.15) is 0 Å². The molecular weight excluding hydrogens is 286 g/mol. The van der Waals surface area contributed by atoms with Gasteiger partial charge in [-0.05, 0) is 43.2 Å². The third kappa shape index (κ3) is 5.40. The number of para-hydroxylation sites is 1. The van der Waals surface area contributed by atoms with Gasteiger partial charge in [-0.3, -0.25) is 9.78 Å². The van der Waals surface area contributed by atoms with Gasteiger partial charge in [0.15, 0.2) is 0 Å². The lowest BCUT2D eigenvalue weighted by molar-refractivity contribution is -0.129. The van der Waals surface area contributed by atoms with E-state index in [0.717, 1.165) is 26.1 Å². The van der Waals surface area contributed by atoms with Crippen molar-refractivity contribution >= 4 is 11.6 Å². The molecule has 0 aliphatic carbocycles. The number of anilines is 1. The maximum atomic E-state index is 12.3. The normalized spacial score (nSPS) is 10.3. The van der Waals surface area contributed by atoms with Crippen molar-refractivity contribution in [3.05, 3.63) is 60.4 Å². The number of pyridine rings is 1. The SMILES string of the molecule is CCN(CCC(=O)N(C)CCc1ccncc1)c1ccccc1. The van der Waals surface area contributed by atoms with Crippen LogP contribution in [0.1, 0.15) is 18.9 Å². The van der Waals surface area contributed by atoms with Crippen molar-refractivity contribution in [1.29, 1.82) is 0 Å². The van der Waals surface area contributed by atoms with Crippen LogP contribution in [0.4, 0.5) is 5.69 Å². The lowest BCUT2D eigenvalue weighted by Crippen LogP contribution is -2.33. The highest BCUT2D eigenvalue weighted by Gasteiger charge is 2.11. The molecule has 0 saturated carbocycles. The Morgan fingerprint density at radius 1 is 1.04 bits per heavy atom. The van der Waals surface area contributed by atoms with Gasteiger partial charge in [-0.15, -0.1) is 0 Å². The molecule has 2 aromatic rings. The van der Waals surface area contributed by atoms with Crippen LogP contribution in [-0.2, 0) is 11.2 Å². The van der Waals surface area contributed by atoms with Gasteiger partial charge in [0, 0.05) is 51.2 Å². The van der Waals surface area contributed by atoms with Crippen molar-refractivity contribution in [2.24, 2.45) is 0 Å². The third-order valence-corrected chi connectivity index (χ3v) is 4.01. The molecule has 0 fully saturated rings. The molecule has 0 spiro atoms. The first kappa shape index (κ1) is 17.0. The second kappa shape index (κ2) is 8.93. The smallest absolute Gasteiger partial charge is 0.224 e. The number of likely N-dealkylation sites (N-methyl/N-ethyl adjacent to an activating group) is 1. The first-order chi connectivity index (χ1) is 11.2. The lowest BCUT2D eigenvalue weighted by Gasteiger charge is -2.24. The van der Waals surface area contributed by atoms with Crippen LogP contribution in [0.5, 0.6) is 0 Å². The molecular formula is C19H25N3O. The summed E-state index contributed by atoms with van der Waals surface area (Å²) >= 11 is 0. The molecule has 4 heteroatoms. The first-order valence-corrected chi connectivity index (χ1v) is 8.13. The van der Waals surface area contributed by atoms with Crippen molar-refractivity contribution in [1.82, 2.24) is 9.88 Å². The van der Waals surface area contributed by atoms with E-state index in [1.807, 2.05) is 42.3 Å². The molecule has 4 nitrogen and oxygen atoms in total. The summed E-state index contributed by atoms with van der Waals surface area (Å²) < 4.78 is 0. The van der Waals surface area contributed by atoms with E-state index in [1.165, 1.54) is 11.3 Å². The molecule has 0 saturated heterocycles. The molecule has 2 rings (SSSR count). The maximum absolute atomic E-state index is 12.3. The summed E-state index contributed by atoms with van der Waals surface area (Å²) in [4.78, 5) is 20.4. The van der Waals surface area contributed by atoms with Gasteiger partial charge in [0.25, 0.3) is 0 Å². The largest absolute Gasteiger partial charge is 0.371 e. The van der Waals surface area contributed by atoms with E-state index in [0.29, 0.717) is 6.42 Å². The highest BCUT2D eigenvalue weighted by atomic mass is 16.2. The molecule has 1 heterocycles. The number of carbonyl (C=O) groups is 1. The van der Waals surface area contributed by atoms with E-state index in [2.05, 4.69) is 28.9 Å². The molecule has 0 N–H and O–H groups in total. The summed E-state index contributed by atoms with van der Waals surface area (Å²) in [7, 11) is 1.88. The average Bonchev–Trinajstić information content (AvgIpc) is 2.61. The summed E-state index contributed by atoms with van der Waals surface area (Å²) in [6, 6.07) is 14.2. The first-order valence-electron chi connectivity index (χ1n) is 8.13. The fourth-order valence-corrected chi connectivity index (χ4v) is 2.50. The van der Waals surface area contributed by atoms with Crippen LogP contribution < -0.4 is 4.90 Å². The number of hydrogen-bond donors (Lipinski definition) is 0. The zero-order valence-corrected chi connectivity index (χ0v) is 14.0. The van der Waals surface area contributed by atoms with E-state index < -0.39 is 0 Å². The lowest BCUT2D eigenvalue weighted by atomic mass is 10.2. The van der Waals surface area contributed by atoms with Crippen LogP contribution >= 0.6 is 0 Å². The zero-order valence-electron chi connectivity index (χ0n) is 14.0. The fourth-order valence-electron chi connectivity index (χ4n) is 2.50. The predicted molar refractivity (Wildman–Crippen MR) is 94.5 cm³/mol. The monoisotopic (exact) mass is 311 g/mol. The molecule has 0 radical (unpaired) electrons. The minimum atomic E-state index is 0.188. The van der Waals surface area contributed by atoms with Crippen molar-refractivity contribution in [3.8, 4) is 0 Å². The van der Waals surface area contributed by atoms with Gasteiger partial charge < -0.3 is 9.80 Å². The summed E-state index contributed by atoms with van der Waals surface area (Å²) in [6.45, 7) is 4.50. The van der Waals surface area contributed by atoms with Crippen LogP contribution in [0.25, 0.3) is 0 Å². The zero-order chi connectivity index (χ0) is 16.5. The van der Waals surface area contributed by atoms with Crippen LogP contribution in [0.15, 0.2) is 54.9 Å². The van der Waals surface area contributed by atoms with Crippen LogP contribution in [-0.4, -0.2) is 42.5 Å². The molecule has 0 unspecified atom stereocenters. The Balaban J connectivity index is 1.79. The van der Waals surface area contributed by atoms with Gasteiger partial charge in [0.2, 0.25) is 5.91 Å². The Hall–Kier alpha value is -2.36. The highest BCUT2D eigenvalue weighted by molar-refractivity contribution is 5.76. The van der Waals surface area contributed by atoms with Crippen molar-refractivity contribution in [2.75, 3.05) is 31.6 Å². The van der Waals surface area contributed by atoms with Gasteiger partial charge in [-0.1, -0.05) is 18.2 Å². The Bertz CT molecular complexity index is 586. The Morgan fingerprint density at radius 2 is 1.74 bits per heavy atom. The van der Waals surface area contributed by atoms with E-state index in [-0.39, 0.29) is 5.91 Å². The Kier molecular flexibility index (Phi) is 6.60. The molecule has 0 atom stereocenters. The van der Waals surface area contributed by atoms with Crippen molar-refractivity contribution < 1.29 is 4.79 Å². The molecule has 0 aliphatic heterocycles. The van der Waals surface area contributed by atoms with E-state index in [1.54, 1.807) is 12.4 Å². The molecule has 1 aromatic carbocycles. The van der Waals surface area contributed by atoms with Gasteiger partial charge in [-0.2, -0.15) is 0 Å². The van der Waals surface area contributed by atoms with Crippen LogP contribution in [0, 0.1) is 0 Å². The topological polar surface area (TPSA) is 36.4 Å².